The fourth-order valence-electron chi connectivity index (χ4n) is 5.25. The molecule has 0 amide bonds. The first-order chi connectivity index (χ1) is 14.0. The Bertz CT molecular complexity index is 857. The molecule has 0 heterocycles. The number of rotatable bonds is 10. The van der Waals surface area contributed by atoms with Gasteiger partial charge in [-0.1, -0.05) is 69.9 Å². The molecule has 3 rings (SSSR count). The van der Waals surface area contributed by atoms with Crippen molar-refractivity contribution in [1.29, 1.82) is 0 Å². The molecule has 0 fully saturated rings. The van der Waals surface area contributed by atoms with E-state index in [1.807, 2.05) is 0 Å². The van der Waals surface area contributed by atoms with E-state index in [2.05, 4.69) is 69.2 Å². The van der Waals surface area contributed by atoms with E-state index in [0.29, 0.717) is 6.42 Å². The fourth-order valence-corrected chi connectivity index (χ4v) is 5.25. The van der Waals surface area contributed by atoms with Crippen molar-refractivity contribution in [1.82, 2.24) is 0 Å². The van der Waals surface area contributed by atoms with Crippen LogP contribution in [0.2, 0.25) is 0 Å². The van der Waals surface area contributed by atoms with Gasteiger partial charge in [0.25, 0.3) is 0 Å². The highest BCUT2D eigenvalue weighted by Crippen LogP contribution is 2.56. The van der Waals surface area contributed by atoms with Gasteiger partial charge in [0, 0.05) is 31.6 Å². The van der Waals surface area contributed by atoms with Crippen molar-refractivity contribution in [2.24, 2.45) is 0 Å². The van der Waals surface area contributed by atoms with Crippen LogP contribution in [-0.2, 0) is 16.6 Å². The van der Waals surface area contributed by atoms with Crippen LogP contribution < -0.4 is 4.90 Å². The van der Waals surface area contributed by atoms with Crippen LogP contribution in [0.25, 0.3) is 11.1 Å². The van der Waals surface area contributed by atoms with E-state index in [4.69, 9.17) is 0 Å². The lowest BCUT2D eigenvalue weighted by Crippen LogP contribution is -2.28. The lowest BCUT2D eigenvalue weighted by atomic mass is 9.69. The average molecular weight is 392 g/mol. The molecule has 2 nitrogen and oxygen atoms in total. The second-order valence-corrected chi connectivity index (χ2v) is 8.92. The van der Waals surface area contributed by atoms with Gasteiger partial charge in [-0.15, -0.1) is 0 Å². The lowest BCUT2D eigenvalue weighted by Gasteiger charge is -2.35. The Hall–Kier alpha value is -2.09. The van der Waals surface area contributed by atoms with Crippen molar-refractivity contribution < 1.29 is 4.79 Å². The van der Waals surface area contributed by atoms with Gasteiger partial charge in [-0.25, -0.2) is 0 Å². The van der Waals surface area contributed by atoms with Crippen molar-refractivity contribution in [2.75, 3.05) is 19.0 Å². The van der Waals surface area contributed by atoms with Crippen LogP contribution in [0.1, 0.15) is 82.4 Å². The van der Waals surface area contributed by atoms with Gasteiger partial charge in [-0.05, 0) is 60.1 Å². The van der Waals surface area contributed by atoms with Gasteiger partial charge in [0.1, 0.15) is 5.78 Å². The molecule has 1 aliphatic carbocycles. The molecular weight excluding hydrogens is 354 g/mol. The van der Waals surface area contributed by atoms with Gasteiger partial charge < -0.3 is 9.69 Å². The van der Waals surface area contributed by atoms with E-state index >= 15 is 0 Å². The molecule has 156 valence electrons. The summed E-state index contributed by atoms with van der Waals surface area (Å²) in [5.41, 5.74) is 8.59. The van der Waals surface area contributed by atoms with Crippen LogP contribution >= 0.6 is 0 Å². The minimum absolute atomic E-state index is 0.0795. The zero-order chi connectivity index (χ0) is 21.0. The minimum atomic E-state index is 0.0795. The number of carbonyl (C=O) groups excluding carboxylic acids is 1. The van der Waals surface area contributed by atoms with Gasteiger partial charge in [0.15, 0.2) is 0 Å². The zero-order valence-electron chi connectivity index (χ0n) is 19.0. The largest absolute Gasteiger partial charge is 0.377 e. The van der Waals surface area contributed by atoms with Crippen LogP contribution in [0.5, 0.6) is 0 Å². The summed E-state index contributed by atoms with van der Waals surface area (Å²) in [5.74, 6) is 0.274. The Kier molecular flexibility index (Phi) is 6.82. The van der Waals surface area contributed by atoms with Gasteiger partial charge in [-0.2, -0.15) is 0 Å². The highest BCUT2D eigenvalue weighted by molar-refractivity contribution is 5.85. The summed E-state index contributed by atoms with van der Waals surface area (Å²) < 4.78 is 0. The molecule has 29 heavy (non-hydrogen) atoms. The summed E-state index contributed by atoms with van der Waals surface area (Å²) in [6.45, 7) is 6.30. The van der Waals surface area contributed by atoms with E-state index in [1.165, 1.54) is 72.0 Å². The van der Waals surface area contributed by atoms with E-state index in [-0.39, 0.29) is 11.2 Å². The molecule has 0 unspecified atom stereocenters. The predicted octanol–water partition coefficient (Wildman–Crippen LogP) is 6.92. The topological polar surface area (TPSA) is 20.3 Å². The molecule has 2 aromatic rings. The van der Waals surface area contributed by atoms with Gasteiger partial charge in [0.05, 0.1) is 0 Å². The Morgan fingerprint density at radius 3 is 2.17 bits per heavy atom. The quantitative estimate of drug-likeness (QED) is 0.438. The van der Waals surface area contributed by atoms with Gasteiger partial charge >= 0.3 is 0 Å². The summed E-state index contributed by atoms with van der Waals surface area (Å²) in [6, 6.07) is 13.6. The van der Waals surface area contributed by atoms with Crippen molar-refractivity contribution in [2.45, 2.75) is 77.6 Å². The number of Topliss-reactive ketones (excluding diaryl/α,β-unsaturated/α-hetero) is 1. The second-order valence-electron chi connectivity index (χ2n) is 8.92. The summed E-state index contributed by atoms with van der Waals surface area (Å²) in [6.07, 6.45) is 8.72. The number of carbonyl (C=O) groups is 1. The summed E-state index contributed by atoms with van der Waals surface area (Å²) in [5, 5.41) is 0. The summed E-state index contributed by atoms with van der Waals surface area (Å²) in [4.78, 5) is 14.1. The summed E-state index contributed by atoms with van der Waals surface area (Å²) in [7, 11) is 4.25. The van der Waals surface area contributed by atoms with Gasteiger partial charge in [0.2, 0.25) is 0 Å². The SMILES string of the molecule is CCCCC1(CCCC)c2ccccc2-c2ccc(N(C)C)c(CCC(C)=O)c21. The van der Waals surface area contributed by atoms with Crippen molar-refractivity contribution in [3.63, 3.8) is 0 Å². The molecule has 0 aromatic heterocycles. The normalized spacial score (nSPS) is 13.8. The molecule has 2 aromatic carbocycles. The number of anilines is 1. The number of hydrogen-bond donors (Lipinski definition) is 0. The lowest BCUT2D eigenvalue weighted by molar-refractivity contribution is -0.116. The van der Waals surface area contributed by atoms with Gasteiger partial charge in [-0.3, -0.25) is 0 Å². The number of ketones is 1. The molecule has 0 aliphatic heterocycles. The van der Waals surface area contributed by atoms with Crippen molar-refractivity contribution in [3.05, 3.63) is 53.1 Å². The molecular formula is C27H37NO. The minimum Gasteiger partial charge on any atom is -0.377 e. The Morgan fingerprint density at radius 1 is 0.931 bits per heavy atom. The average Bonchev–Trinajstić information content (AvgIpc) is 2.99. The number of benzene rings is 2. The fraction of sp³-hybridized carbons (Fsp3) is 0.519. The van der Waals surface area contributed by atoms with E-state index in [1.54, 1.807) is 6.92 Å². The third-order valence-corrected chi connectivity index (χ3v) is 6.62. The maximum Gasteiger partial charge on any atom is 0.130 e. The standard InChI is InChI=1S/C27H37NO/c1-6-8-18-27(19-9-7-2)24-13-11-10-12-21(24)22-16-17-25(28(4)5)23(26(22)27)15-14-20(3)29/h10-13,16-17H,6-9,14-15,18-19H2,1-5H3. The number of fused-ring (bicyclic) bond motifs is 3. The van der Waals surface area contributed by atoms with Crippen LogP contribution in [0.3, 0.4) is 0 Å². The third kappa shape index (κ3) is 3.99. The van der Waals surface area contributed by atoms with Crippen LogP contribution in [-0.4, -0.2) is 19.9 Å². The molecule has 0 atom stereocenters. The number of nitrogens with zero attached hydrogens (tertiary/aromatic N) is 1. The first-order valence-corrected chi connectivity index (χ1v) is 11.4. The summed E-state index contributed by atoms with van der Waals surface area (Å²) >= 11 is 0. The third-order valence-electron chi connectivity index (χ3n) is 6.62. The molecule has 0 radical (unpaired) electrons. The molecule has 2 heteroatoms. The van der Waals surface area contributed by atoms with Crippen LogP contribution in [0.4, 0.5) is 5.69 Å². The monoisotopic (exact) mass is 391 g/mol. The first kappa shape index (κ1) is 21.6. The number of unbranched alkanes of at least 4 members (excludes halogenated alkanes) is 2. The van der Waals surface area contributed by atoms with Crippen LogP contribution in [0, 0.1) is 0 Å². The van der Waals surface area contributed by atoms with E-state index < -0.39 is 0 Å². The molecule has 0 N–H and O–H groups in total. The van der Waals surface area contributed by atoms with E-state index in [0.717, 1.165) is 6.42 Å². The molecule has 1 aliphatic rings. The number of hydrogen-bond acceptors (Lipinski definition) is 2. The molecule has 0 bridgehead atoms. The van der Waals surface area contributed by atoms with Crippen molar-refractivity contribution in [3.8, 4) is 11.1 Å². The maximum atomic E-state index is 11.9. The Balaban J connectivity index is 2.30. The van der Waals surface area contributed by atoms with E-state index in [9.17, 15) is 4.79 Å². The smallest absolute Gasteiger partial charge is 0.130 e. The first-order valence-electron chi connectivity index (χ1n) is 11.4. The highest BCUT2D eigenvalue weighted by atomic mass is 16.1. The van der Waals surface area contributed by atoms with Crippen LogP contribution in [0.15, 0.2) is 36.4 Å². The highest BCUT2D eigenvalue weighted by Gasteiger charge is 2.44. The second kappa shape index (κ2) is 9.15. The van der Waals surface area contributed by atoms with Crippen molar-refractivity contribution >= 4 is 11.5 Å². The zero-order valence-corrected chi connectivity index (χ0v) is 19.0. The molecule has 0 spiro atoms. The Morgan fingerprint density at radius 2 is 1.59 bits per heavy atom. The molecule has 0 saturated heterocycles. The Labute approximate surface area is 177 Å². The molecule has 0 saturated carbocycles. The predicted molar refractivity (Wildman–Crippen MR) is 125 cm³/mol. The maximum absolute atomic E-state index is 11.9.